The lowest BCUT2D eigenvalue weighted by Crippen LogP contribution is -2.03. The number of aromatic nitrogens is 1. The lowest BCUT2D eigenvalue weighted by molar-refractivity contribution is 0.476. The topological polar surface area (TPSA) is 38.0 Å². The third-order valence-corrected chi connectivity index (χ3v) is 8.99. The van der Waals surface area contributed by atoms with Crippen LogP contribution in [0.1, 0.15) is 5.56 Å². The highest BCUT2D eigenvalue weighted by molar-refractivity contribution is 6.13. The number of fused-ring (bicyclic) bond motifs is 5. The Morgan fingerprint density at radius 1 is 0.435 bits per heavy atom. The normalized spacial score (nSPS) is 11.6. The van der Waals surface area contributed by atoms with Gasteiger partial charge in [-0.25, -0.2) is 0 Å². The van der Waals surface area contributed by atoms with Gasteiger partial charge in [-0.15, -0.1) is 0 Å². The highest BCUT2D eigenvalue weighted by Crippen LogP contribution is 2.45. The first-order chi connectivity index (χ1) is 22.7. The minimum atomic E-state index is 0.653. The summed E-state index contributed by atoms with van der Waals surface area (Å²) in [5.74, 6) is 1.76. The maximum Gasteiger partial charge on any atom is 0.152 e. The van der Waals surface area contributed by atoms with E-state index in [2.05, 4.69) is 120 Å². The molecule has 0 atom stereocenters. The van der Waals surface area contributed by atoms with Crippen molar-refractivity contribution in [1.29, 1.82) is 5.26 Å². The van der Waals surface area contributed by atoms with Crippen LogP contribution in [0.5, 0.6) is 11.5 Å². The smallest absolute Gasteiger partial charge is 0.152 e. The van der Waals surface area contributed by atoms with Gasteiger partial charge in [0.1, 0.15) is 0 Å². The molecule has 1 aromatic heterocycles. The molecule has 0 aliphatic carbocycles. The molecule has 1 aliphatic rings. The van der Waals surface area contributed by atoms with Crippen LogP contribution in [0.15, 0.2) is 158 Å². The molecule has 0 amide bonds. The summed E-state index contributed by atoms with van der Waals surface area (Å²) in [4.78, 5) is 0. The standard InChI is InChI=1S/C43H26N2O/c44-27-28-22-35(29-8-2-1-3-9-29)25-36(23-28)33-11-6-10-32(24-33)30-16-18-31(19-17-30)34-20-21-39-38(26-34)37-12-7-15-42-43(37)45(39)40-13-4-5-14-41(40)46-42/h1-26H. The maximum atomic E-state index is 9.75. The monoisotopic (exact) mass is 586 g/mol. The Kier molecular flexibility index (Phi) is 5.88. The zero-order valence-electron chi connectivity index (χ0n) is 24.8. The Balaban J connectivity index is 1.08. The number of benzene rings is 7. The fraction of sp³-hybridized carbons (Fsp3) is 0. The highest BCUT2D eigenvalue weighted by atomic mass is 16.5. The van der Waals surface area contributed by atoms with Crippen LogP contribution >= 0.6 is 0 Å². The van der Waals surface area contributed by atoms with Gasteiger partial charge in [-0.3, -0.25) is 0 Å². The molecule has 7 aromatic carbocycles. The molecule has 0 spiro atoms. The number of nitriles is 1. The van der Waals surface area contributed by atoms with Gasteiger partial charge in [0, 0.05) is 10.8 Å². The molecule has 0 unspecified atom stereocenters. The molecule has 46 heavy (non-hydrogen) atoms. The van der Waals surface area contributed by atoms with E-state index in [0.29, 0.717) is 5.56 Å². The molecular weight excluding hydrogens is 560 g/mol. The molecule has 214 valence electrons. The van der Waals surface area contributed by atoms with Crippen LogP contribution in [0, 0.1) is 11.3 Å². The number of ether oxygens (including phenoxy) is 1. The quantitative estimate of drug-likeness (QED) is 0.206. The van der Waals surface area contributed by atoms with Crippen molar-refractivity contribution >= 4 is 21.8 Å². The first-order valence-corrected chi connectivity index (χ1v) is 15.4. The van der Waals surface area contributed by atoms with Crippen LogP contribution in [0.3, 0.4) is 0 Å². The van der Waals surface area contributed by atoms with Gasteiger partial charge in [-0.2, -0.15) is 5.26 Å². The number of hydrogen-bond acceptors (Lipinski definition) is 2. The summed E-state index contributed by atoms with van der Waals surface area (Å²) in [5.41, 5.74) is 12.9. The summed E-state index contributed by atoms with van der Waals surface area (Å²) >= 11 is 0. The average molecular weight is 587 g/mol. The SMILES string of the molecule is N#Cc1cc(-c2ccccc2)cc(-c2cccc(-c3ccc(-c4ccc5c(c4)c4cccc6c4n5-c4ccccc4O6)cc3)c2)c1. The average Bonchev–Trinajstić information content (AvgIpc) is 3.47. The van der Waals surface area contributed by atoms with Gasteiger partial charge in [0.2, 0.25) is 0 Å². The van der Waals surface area contributed by atoms with Gasteiger partial charge in [0.05, 0.1) is 28.4 Å². The zero-order valence-corrected chi connectivity index (χ0v) is 24.8. The minimum Gasteiger partial charge on any atom is -0.453 e. The van der Waals surface area contributed by atoms with E-state index in [1.165, 1.54) is 27.4 Å². The third-order valence-electron chi connectivity index (χ3n) is 8.99. The van der Waals surface area contributed by atoms with Crippen molar-refractivity contribution in [2.24, 2.45) is 0 Å². The van der Waals surface area contributed by atoms with E-state index in [-0.39, 0.29) is 0 Å². The second-order valence-corrected chi connectivity index (χ2v) is 11.7. The van der Waals surface area contributed by atoms with E-state index in [1.807, 2.05) is 48.5 Å². The van der Waals surface area contributed by atoms with E-state index in [1.54, 1.807) is 0 Å². The number of hydrogen-bond donors (Lipinski definition) is 0. The molecule has 1 aliphatic heterocycles. The molecule has 0 N–H and O–H groups in total. The third kappa shape index (κ3) is 4.20. The van der Waals surface area contributed by atoms with Crippen LogP contribution in [0.4, 0.5) is 0 Å². The number of nitrogens with zero attached hydrogens (tertiary/aromatic N) is 2. The van der Waals surface area contributed by atoms with Crippen LogP contribution in [0.25, 0.3) is 72.0 Å². The first-order valence-electron chi connectivity index (χ1n) is 15.4. The van der Waals surface area contributed by atoms with Crippen molar-refractivity contribution in [2.75, 3.05) is 0 Å². The predicted molar refractivity (Wildman–Crippen MR) is 187 cm³/mol. The summed E-state index contributed by atoms with van der Waals surface area (Å²) in [5, 5.41) is 12.2. The molecule has 0 bridgehead atoms. The maximum absolute atomic E-state index is 9.75. The molecule has 8 aromatic rings. The van der Waals surface area contributed by atoms with Gasteiger partial charge in [0.25, 0.3) is 0 Å². The predicted octanol–water partition coefficient (Wildman–Crippen LogP) is 11.4. The van der Waals surface area contributed by atoms with Crippen molar-refractivity contribution in [2.45, 2.75) is 0 Å². The summed E-state index contributed by atoms with van der Waals surface area (Å²) in [7, 11) is 0. The zero-order chi connectivity index (χ0) is 30.6. The molecular formula is C43H26N2O. The van der Waals surface area contributed by atoms with Gasteiger partial charge < -0.3 is 9.30 Å². The largest absolute Gasteiger partial charge is 0.453 e. The lowest BCUT2D eigenvalue weighted by atomic mass is 9.94. The summed E-state index contributed by atoms with van der Waals surface area (Å²) in [6.07, 6.45) is 0. The fourth-order valence-electron chi connectivity index (χ4n) is 6.79. The Bertz CT molecular complexity index is 2500. The van der Waals surface area contributed by atoms with Crippen LogP contribution in [0.2, 0.25) is 0 Å². The van der Waals surface area contributed by atoms with Crippen molar-refractivity contribution < 1.29 is 4.74 Å². The Labute approximate surface area is 266 Å². The second-order valence-electron chi connectivity index (χ2n) is 11.7. The molecule has 3 heteroatoms. The van der Waals surface area contributed by atoms with E-state index in [9.17, 15) is 5.26 Å². The fourth-order valence-corrected chi connectivity index (χ4v) is 6.79. The van der Waals surface area contributed by atoms with E-state index in [4.69, 9.17) is 4.74 Å². The Hall–Kier alpha value is -6.37. The number of para-hydroxylation sites is 3. The van der Waals surface area contributed by atoms with E-state index in [0.717, 1.165) is 56.1 Å². The van der Waals surface area contributed by atoms with Crippen LogP contribution < -0.4 is 4.74 Å². The van der Waals surface area contributed by atoms with Crippen molar-refractivity contribution in [3.05, 3.63) is 163 Å². The minimum absolute atomic E-state index is 0.653. The van der Waals surface area contributed by atoms with E-state index < -0.39 is 0 Å². The molecule has 0 saturated heterocycles. The molecule has 9 rings (SSSR count). The molecule has 3 nitrogen and oxygen atoms in total. The first kappa shape index (κ1) is 26.1. The molecule has 2 heterocycles. The summed E-state index contributed by atoms with van der Waals surface area (Å²) in [6, 6.07) is 57.3. The molecule has 0 radical (unpaired) electrons. The van der Waals surface area contributed by atoms with Gasteiger partial charge >= 0.3 is 0 Å². The molecule has 0 saturated carbocycles. The summed E-state index contributed by atoms with van der Waals surface area (Å²) < 4.78 is 8.62. The molecule has 0 fully saturated rings. The Morgan fingerprint density at radius 2 is 1.00 bits per heavy atom. The van der Waals surface area contributed by atoms with Crippen LogP contribution in [-0.2, 0) is 0 Å². The summed E-state index contributed by atoms with van der Waals surface area (Å²) in [6.45, 7) is 0. The van der Waals surface area contributed by atoms with Crippen molar-refractivity contribution in [3.63, 3.8) is 0 Å². The Morgan fingerprint density at radius 3 is 1.78 bits per heavy atom. The van der Waals surface area contributed by atoms with Gasteiger partial charge in [-0.1, -0.05) is 103 Å². The lowest BCUT2D eigenvalue weighted by Gasteiger charge is -2.20. The van der Waals surface area contributed by atoms with Gasteiger partial charge in [-0.05, 0) is 99.1 Å². The van der Waals surface area contributed by atoms with Gasteiger partial charge in [0.15, 0.2) is 11.5 Å². The highest BCUT2D eigenvalue weighted by Gasteiger charge is 2.23. The van der Waals surface area contributed by atoms with Crippen LogP contribution in [-0.4, -0.2) is 4.57 Å². The second kappa shape index (κ2) is 10.4. The van der Waals surface area contributed by atoms with E-state index >= 15 is 0 Å². The number of rotatable bonds is 4. The van der Waals surface area contributed by atoms with Crippen molar-refractivity contribution in [3.8, 4) is 67.8 Å². The van der Waals surface area contributed by atoms with Crippen molar-refractivity contribution in [1.82, 2.24) is 4.57 Å².